The molecule has 1 aromatic carbocycles. The summed E-state index contributed by atoms with van der Waals surface area (Å²) in [6.07, 6.45) is 1.09. The third kappa shape index (κ3) is 2.33. The number of benzene rings is 1. The third-order valence-electron chi connectivity index (χ3n) is 1.92. The van der Waals surface area contributed by atoms with Gasteiger partial charge in [-0.25, -0.2) is 8.42 Å². The van der Waals surface area contributed by atoms with E-state index < -0.39 is 9.84 Å². The molecule has 0 amide bonds. The summed E-state index contributed by atoms with van der Waals surface area (Å²) in [7, 11) is -0.515. The van der Waals surface area contributed by atoms with Crippen molar-refractivity contribution < 1.29 is 17.9 Å². The number of nitrogen functional groups attached to an aromatic ring is 1. The topological polar surface area (TPSA) is 78.6 Å². The first-order chi connectivity index (χ1) is 6.90. The van der Waals surface area contributed by atoms with Crippen LogP contribution in [0.25, 0.3) is 0 Å². The Bertz CT molecular complexity index is 467. The molecule has 0 saturated heterocycles. The molecule has 0 unspecified atom stereocenters. The molecule has 1 aromatic rings. The summed E-state index contributed by atoms with van der Waals surface area (Å²) in [6.45, 7) is 0. The summed E-state index contributed by atoms with van der Waals surface area (Å²) in [6, 6.07) is 2.78. The van der Waals surface area contributed by atoms with Gasteiger partial charge in [0.2, 0.25) is 0 Å². The molecular formula is C9H13NO4S. The fraction of sp³-hybridized carbons (Fsp3) is 0.333. The van der Waals surface area contributed by atoms with Gasteiger partial charge in [-0.15, -0.1) is 0 Å². The molecule has 0 atom stereocenters. The van der Waals surface area contributed by atoms with Crippen LogP contribution in [0, 0.1) is 0 Å². The Morgan fingerprint density at radius 3 is 2.07 bits per heavy atom. The number of hydrogen-bond acceptors (Lipinski definition) is 5. The maximum absolute atomic E-state index is 11.4. The van der Waals surface area contributed by atoms with Gasteiger partial charge in [0.1, 0.15) is 16.4 Å². The molecule has 0 radical (unpaired) electrons. The van der Waals surface area contributed by atoms with Crippen molar-refractivity contribution in [3.63, 3.8) is 0 Å². The molecule has 1 rings (SSSR count). The van der Waals surface area contributed by atoms with Crippen LogP contribution in [0.2, 0.25) is 0 Å². The molecular weight excluding hydrogens is 218 g/mol. The van der Waals surface area contributed by atoms with E-state index in [1.165, 1.54) is 26.4 Å². The summed E-state index contributed by atoms with van der Waals surface area (Å²) in [4.78, 5) is 0.0586. The number of rotatable bonds is 3. The van der Waals surface area contributed by atoms with Crippen LogP contribution in [-0.2, 0) is 9.84 Å². The van der Waals surface area contributed by atoms with E-state index in [2.05, 4.69) is 0 Å². The van der Waals surface area contributed by atoms with Crippen molar-refractivity contribution in [3.05, 3.63) is 12.1 Å². The predicted molar refractivity (Wildman–Crippen MR) is 57.1 cm³/mol. The van der Waals surface area contributed by atoms with E-state index in [9.17, 15) is 8.42 Å². The average molecular weight is 231 g/mol. The van der Waals surface area contributed by atoms with E-state index >= 15 is 0 Å². The summed E-state index contributed by atoms with van der Waals surface area (Å²) in [5.74, 6) is 0.614. The quantitative estimate of drug-likeness (QED) is 0.774. The van der Waals surface area contributed by atoms with Crippen molar-refractivity contribution in [1.29, 1.82) is 0 Å². The van der Waals surface area contributed by atoms with Crippen molar-refractivity contribution in [2.75, 3.05) is 26.2 Å². The Balaban J connectivity index is 3.48. The second kappa shape index (κ2) is 3.98. The standard InChI is InChI=1S/C9H13NO4S/c1-13-7-5-8(14-2)9(4-6(7)10)15(3,11)12/h4-5H,10H2,1-3H3. The molecule has 15 heavy (non-hydrogen) atoms. The lowest BCUT2D eigenvalue weighted by Gasteiger charge is -2.11. The van der Waals surface area contributed by atoms with Crippen molar-refractivity contribution in [2.45, 2.75) is 4.90 Å². The molecule has 0 aromatic heterocycles. The fourth-order valence-electron chi connectivity index (χ4n) is 1.18. The van der Waals surface area contributed by atoms with Crippen molar-refractivity contribution in [1.82, 2.24) is 0 Å². The normalized spacial score (nSPS) is 11.1. The van der Waals surface area contributed by atoms with E-state index in [-0.39, 0.29) is 16.3 Å². The summed E-state index contributed by atoms with van der Waals surface area (Å²) < 4.78 is 32.7. The summed E-state index contributed by atoms with van der Waals surface area (Å²) in [5, 5.41) is 0. The third-order valence-corrected chi connectivity index (χ3v) is 3.03. The zero-order chi connectivity index (χ0) is 11.6. The molecule has 0 spiro atoms. The maximum Gasteiger partial charge on any atom is 0.179 e. The molecule has 0 aliphatic carbocycles. The van der Waals surface area contributed by atoms with Crippen molar-refractivity contribution in [2.24, 2.45) is 0 Å². The first kappa shape index (κ1) is 11.6. The number of anilines is 1. The summed E-state index contributed by atoms with van der Waals surface area (Å²) in [5.41, 5.74) is 5.87. The van der Waals surface area contributed by atoms with E-state index in [1.807, 2.05) is 0 Å². The number of sulfone groups is 1. The lowest BCUT2D eigenvalue weighted by atomic mass is 10.3. The van der Waals surface area contributed by atoms with Gasteiger partial charge in [-0.1, -0.05) is 0 Å². The molecule has 2 N–H and O–H groups in total. The lowest BCUT2D eigenvalue weighted by molar-refractivity contribution is 0.387. The van der Waals surface area contributed by atoms with Crippen LogP contribution in [0.15, 0.2) is 17.0 Å². The number of nitrogens with two attached hydrogens (primary N) is 1. The SMILES string of the molecule is COc1cc(OC)c(S(C)(=O)=O)cc1N. The molecule has 84 valence electrons. The van der Waals surface area contributed by atoms with E-state index in [0.717, 1.165) is 6.26 Å². The highest BCUT2D eigenvalue weighted by atomic mass is 32.2. The summed E-state index contributed by atoms with van der Waals surface area (Å²) >= 11 is 0. The number of hydrogen-bond donors (Lipinski definition) is 1. The number of ether oxygens (including phenoxy) is 2. The Hall–Kier alpha value is -1.43. The first-order valence-corrected chi connectivity index (χ1v) is 6.01. The highest BCUT2D eigenvalue weighted by Crippen LogP contribution is 2.33. The van der Waals surface area contributed by atoms with Crippen LogP contribution in [-0.4, -0.2) is 28.9 Å². The van der Waals surface area contributed by atoms with Crippen molar-refractivity contribution >= 4 is 15.5 Å². The Labute approximate surface area is 88.7 Å². The number of methoxy groups -OCH3 is 2. The Morgan fingerprint density at radius 1 is 1.13 bits per heavy atom. The van der Waals surface area contributed by atoms with Gasteiger partial charge in [-0.05, 0) is 6.07 Å². The molecule has 0 bridgehead atoms. The molecule has 0 aliphatic rings. The molecule has 0 fully saturated rings. The van der Waals surface area contributed by atoms with Crippen LogP contribution in [0.3, 0.4) is 0 Å². The van der Waals surface area contributed by atoms with Crippen LogP contribution < -0.4 is 15.2 Å². The monoisotopic (exact) mass is 231 g/mol. The van der Waals surface area contributed by atoms with Crippen LogP contribution >= 0.6 is 0 Å². The molecule has 0 aliphatic heterocycles. The fourth-order valence-corrected chi connectivity index (χ4v) is 2.03. The zero-order valence-corrected chi connectivity index (χ0v) is 9.59. The lowest BCUT2D eigenvalue weighted by Crippen LogP contribution is -2.03. The van der Waals surface area contributed by atoms with E-state index in [1.54, 1.807) is 0 Å². The minimum Gasteiger partial charge on any atom is -0.495 e. The smallest absolute Gasteiger partial charge is 0.179 e. The highest BCUT2D eigenvalue weighted by molar-refractivity contribution is 7.90. The van der Waals surface area contributed by atoms with Gasteiger partial charge < -0.3 is 15.2 Å². The highest BCUT2D eigenvalue weighted by Gasteiger charge is 2.17. The van der Waals surface area contributed by atoms with Gasteiger partial charge in [0, 0.05) is 12.3 Å². The average Bonchev–Trinajstić information content (AvgIpc) is 2.16. The molecule has 0 heterocycles. The minimum absolute atomic E-state index is 0.0586. The predicted octanol–water partition coefficient (Wildman–Crippen LogP) is 0.690. The van der Waals surface area contributed by atoms with Crippen LogP contribution in [0.5, 0.6) is 11.5 Å². The largest absolute Gasteiger partial charge is 0.495 e. The van der Waals surface area contributed by atoms with E-state index in [0.29, 0.717) is 5.75 Å². The minimum atomic E-state index is -3.35. The Morgan fingerprint density at radius 2 is 1.67 bits per heavy atom. The van der Waals surface area contributed by atoms with Gasteiger partial charge in [0.15, 0.2) is 9.84 Å². The first-order valence-electron chi connectivity index (χ1n) is 4.11. The Kier molecular flexibility index (Phi) is 3.09. The van der Waals surface area contributed by atoms with E-state index in [4.69, 9.17) is 15.2 Å². The van der Waals surface area contributed by atoms with Crippen molar-refractivity contribution in [3.8, 4) is 11.5 Å². The maximum atomic E-state index is 11.4. The van der Waals surface area contributed by atoms with Gasteiger partial charge in [-0.2, -0.15) is 0 Å². The second-order valence-corrected chi connectivity index (χ2v) is 5.00. The van der Waals surface area contributed by atoms with Gasteiger partial charge in [0.25, 0.3) is 0 Å². The van der Waals surface area contributed by atoms with Gasteiger partial charge >= 0.3 is 0 Å². The molecule has 5 nitrogen and oxygen atoms in total. The molecule has 0 saturated carbocycles. The second-order valence-electron chi connectivity index (χ2n) is 3.02. The zero-order valence-electron chi connectivity index (χ0n) is 8.77. The van der Waals surface area contributed by atoms with Gasteiger partial charge in [-0.3, -0.25) is 0 Å². The van der Waals surface area contributed by atoms with Crippen LogP contribution in [0.4, 0.5) is 5.69 Å². The van der Waals surface area contributed by atoms with Gasteiger partial charge in [0.05, 0.1) is 19.9 Å². The molecule has 6 heteroatoms. The van der Waals surface area contributed by atoms with Crippen LogP contribution in [0.1, 0.15) is 0 Å².